The van der Waals surface area contributed by atoms with Crippen molar-refractivity contribution >= 4 is 27.5 Å². The van der Waals surface area contributed by atoms with Crippen LogP contribution >= 0.6 is 11.6 Å². The Morgan fingerprint density at radius 1 is 1.35 bits per heavy atom. The van der Waals surface area contributed by atoms with Crippen LogP contribution in [-0.2, 0) is 21.9 Å². The van der Waals surface area contributed by atoms with E-state index in [2.05, 4.69) is 5.10 Å². The summed E-state index contributed by atoms with van der Waals surface area (Å²) in [4.78, 5) is 13.5. The van der Waals surface area contributed by atoms with Gasteiger partial charge in [0.25, 0.3) is 0 Å². The average molecular weight is 321 g/mol. The van der Waals surface area contributed by atoms with E-state index in [1.54, 1.807) is 18.9 Å². The third-order valence-corrected chi connectivity index (χ3v) is 5.25. The fraction of sp³-hybridized carbons (Fsp3) is 0.636. The second-order valence-corrected chi connectivity index (χ2v) is 7.29. The summed E-state index contributed by atoms with van der Waals surface area (Å²) in [5, 5.41) is 3.29. The third kappa shape index (κ3) is 2.97. The highest BCUT2D eigenvalue weighted by Crippen LogP contribution is 2.17. The van der Waals surface area contributed by atoms with Crippen molar-refractivity contribution < 1.29 is 13.2 Å². The summed E-state index contributed by atoms with van der Waals surface area (Å²) < 4.78 is 27.5. The molecule has 9 heteroatoms. The molecule has 0 radical (unpaired) electrons. The van der Waals surface area contributed by atoms with Crippen LogP contribution in [0.1, 0.15) is 6.92 Å². The van der Waals surface area contributed by atoms with E-state index in [-0.39, 0.29) is 23.9 Å². The van der Waals surface area contributed by atoms with Gasteiger partial charge < -0.3 is 4.90 Å². The number of aromatic nitrogens is 2. The molecule has 1 atom stereocenters. The number of hydrogen-bond donors (Lipinski definition) is 0. The second-order valence-electron chi connectivity index (χ2n) is 4.70. The van der Waals surface area contributed by atoms with Gasteiger partial charge in [-0.3, -0.25) is 9.48 Å². The van der Waals surface area contributed by atoms with Gasteiger partial charge >= 0.3 is 0 Å². The van der Waals surface area contributed by atoms with Crippen molar-refractivity contribution in [2.75, 3.05) is 26.2 Å². The molecule has 2 rings (SSSR count). The normalized spacial score (nSPS) is 19.1. The minimum absolute atomic E-state index is 0.162. The van der Waals surface area contributed by atoms with Crippen molar-refractivity contribution in [3.8, 4) is 0 Å². The van der Waals surface area contributed by atoms with Crippen LogP contribution in [0.15, 0.2) is 17.3 Å². The molecule has 2 heterocycles. The molecule has 0 bridgehead atoms. The lowest BCUT2D eigenvalue weighted by molar-refractivity contribution is -0.131. The van der Waals surface area contributed by atoms with Crippen LogP contribution in [0.4, 0.5) is 0 Å². The number of aryl methyl sites for hydroxylation is 1. The zero-order chi connectivity index (χ0) is 14.9. The number of piperazine rings is 1. The highest BCUT2D eigenvalue weighted by atomic mass is 35.5. The molecule has 1 aliphatic heterocycles. The fourth-order valence-corrected chi connectivity index (χ4v) is 3.63. The van der Waals surface area contributed by atoms with Gasteiger partial charge in [0, 0.05) is 39.4 Å². The Balaban J connectivity index is 2.05. The highest BCUT2D eigenvalue weighted by Gasteiger charge is 2.31. The lowest BCUT2D eigenvalue weighted by Crippen LogP contribution is -2.51. The van der Waals surface area contributed by atoms with Gasteiger partial charge in [-0.15, -0.1) is 11.6 Å². The monoisotopic (exact) mass is 320 g/mol. The van der Waals surface area contributed by atoms with Crippen LogP contribution in [0, 0.1) is 0 Å². The largest absolute Gasteiger partial charge is 0.339 e. The van der Waals surface area contributed by atoms with Crippen LogP contribution in [0.3, 0.4) is 0 Å². The summed E-state index contributed by atoms with van der Waals surface area (Å²) in [6, 6.07) is 0. The Hall–Kier alpha value is -1.12. The van der Waals surface area contributed by atoms with Crippen molar-refractivity contribution in [1.82, 2.24) is 19.0 Å². The van der Waals surface area contributed by atoms with Crippen molar-refractivity contribution in [1.29, 1.82) is 0 Å². The number of halogens is 1. The summed E-state index contributed by atoms with van der Waals surface area (Å²) in [6.07, 6.45) is 2.79. The zero-order valence-electron chi connectivity index (χ0n) is 11.4. The Morgan fingerprint density at radius 3 is 2.40 bits per heavy atom. The smallest absolute Gasteiger partial charge is 0.246 e. The van der Waals surface area contributed by atoms with E-state index in [1.165, 1.54) is 21.4 Å². The maximum atomic E-state index is 12.4. The third-order valence-electron chi connectivity index (χ3n) is 3.21. The molecule has 0 saturated carbocycles. The second kappa shape index (κ2) is 5.71. The van der Waals surface area contributed by atoms with E-state index in [0.717, 1.165) is 0 Å². The molecule has 1 aliphatic rings. The topological polar surface area (TPSA) is 75.5 Å². The van der Waals surface area contributed by atoms with Crippen LogP contribution in [0.25, 0.3) is 0 Å². The number of hydrogen-bond acceptors (Lipinski definition) is 4. The summed E-state index contributed by atoms with van der Waals surface area (Å²) in [5.41, 5.74) is 0. The van der Waals surface area contributed by atoms with Crippen LogP contribution in [-0.4, -0.2) is 64.9 Å². The fourth-order valence-electron chi connectivity index (χ4n) is 2.08. The minimum Gasteiger partial charge on any atom is -0.339 e. The molecule has 1 aromatic heterocycles. The maximum Gasteiger partial charge on any atom is 0.246 e. The van der Waals surface area contributed by atoms with Crippen LogP contribution < -0.4 is 0 Å². The van der Waals surface area contributed by atoms with Gasteiger partial charge in [-0.2, -0.15) is 9.40 Å². The Morgan fingerprint density at radius 2 is 1.95 bits per heavy atom. The van der Waals surface area contributed by atoms with Gasteiger partial charge in [0.1, 0.15) is 10.3 Å². The van der Waals surface area contributed by atoms with Gasteiger partial charge in [-0.05, 0) is 6.92 Å². The van der Waals surface area contributed by atoms with E-state index in [1.807, 2.05) is 0 Å². The Labute approximate surface area is 123 Å². The summed E-state index contributed by atoms with van der Waals surface area (Å²) in [5.74, 6) is -0.162. The van der Waals surface area contributed by atoms with E-state index in [9.17, 15) is 13.2 Å². The van der Waals surface area contributed by atoms with Crippen molar-refractivity contribution in [2.24, 2.45) is 7.05 Å². The molecule has 1 aromatic rings. The molecule has 7 nitrogen and oxygen atoms in total. The number of rotatable bonds is 3. The van der Waals surface area contributed by atoms with Gasteiger partial charge in [0.2, 0.25) is 15.9 Å². The summed E-state index contributed by atoms with van der Waals surface area (Å²) >= 11 is 5.75. The number of sulfonamides is 1. The lowest BCUT2D eigenvalue weighted by Gasteiger charge is -2.34. The number of alkyl halides is 1. The molecule has 0 N–H and O–H groups in total. The molecule has 112 valence electrons. The van der Waals surface area contributed by atoms with Crippen molar-refractivity contribution in [2.45, 2.75) is 17.2 Å². The Kier molecular flexibility index (Phi) is 4.36. The Bertz CT molecular complexity index is 591. The molecule has 0 spiro atoms. The van der Waals surface area contributed by atoms with Gasteiger partial charge in [0.05, 0.1) is 6.20 Å². The molecule has 1 amide bonds. The quantitative estimate of drug-likeness (QED) is 0.728. The lowest BCUT2D eigenvalue weighted by atomic mass is 10.3. The highest BCUT2D eigenvalue weighted by molar-refractivity contribution is 7.89. The first kappa shape index (κ1) is 15.3. The van der Waals surface area contributed by atoms with Crippen LogP contribution in [0.2, 0.25) is 0 Å². The number of amides is 1. The molecule has 20 heavy (non-hydrogen) atoms. The molecule has 0 aliphatic carbocycles. The molecule has 0 aromatic carbocycles. The molecular formula is C11H17ClN4O3S. The first-order chi connectivity index (χ1) is 9.32. The van der Waals surface area contributed by atoms with Crippen molar-refractivity contribution in [3.63, 3.8) is 0 Å². The molecule has 1 fully saturated rings. The number of carbonyl (C=O) groups is 1. The first-order valence-corrected chi connectivity index (χ1v) is 8.11. The standard InChI is InChI=1S/C11H17ClN4O3S/c1-9(12)11(17)15-3-5-16(6-4-15)20(18,19)10-7-13-14(2)8-10/h7-9H,3-6H2,1-2H3. The molecule has 1 unspecified atom stereocenters. The van der Waals surface area contributed by atoms with Gasteiger partial charge in [0.15, 0.2) is 0 Å². The SMILES string of the molecule is CC(Cl)C(=O)N1CCN(S(=O)(=O)c2cnn(C)c2)CC1. The maximum absolute atomic E-state index is 12.4. The summed E-state index contributed by atoms with van der Waals surface area (Å²) in [7, 11) is -1.87. The zero-order valence-corrected chi connectivity index (χ0v) is 12.9. The number of nitrogens with zero attached hydrogens (tertiary/aromatic N) is 4. The predicted molar refractivity (Wildman–Crippen MR) is 73.9 cm³/mol. The van der Waals surface area contributed by atoms with Crippen molar-refractivity contribution in [3.05, 3.63) is 12.4 Å². The number of carbonyl (C=O) groups excluding carboxylic acids is 1. The van der Waals surface area contributed by atoms with E-state index in [4.69, 9.17) is 11.6 Å². The molecular weight excluding hydrogens is 304 g/mol. The van der Waals surface area contributed by atoms with Crippen LogP contribution in [0.5, 0.6) is 0 Å². The van der Waals surface area contributed by atoms with E-state index >= 15 is 0 Å². The average Bonchev–Trinajstić information content (AvgIpc) is 2.85. The first-order valence-electron chi connectivity index (χ1n) is 6.24. The minimum atomic E-state index is -3.53. The van der Waals surface area contributed by atoms with Gasteiger partial charge in [-0.1, -0.05) is 0 Å². The summed E-state index contributed by atoms with van der Waals surface area (Å²) in [6.45, 7) is 2.87. The predicted octanol–water partition coefficient (Wildman–Crippen LogP) is -0.120. The van der Waals surface area contributed by atoms with Gasteiger partial charge in [-0.25, -0.2) is 8.42 Å². The molecule has 1 saturated heterocycles. The van der Waals surface area contributed by atoms with E-state index < -0.39 is 15.4 Å². The van der Waals surface area contributed by atoms with E-state index in [0.29, 0.717) is 13.1 Å².